The van der Waals surface area contributed by atoms with E-state index in [1.165, 1.54) is 32.6 Å². The average molecular weight is 202 g/mol. The zero-order chi connectivity index (χ0) is 11.4. The van der Waals surface area contributed by atoms with E-state index in [0.717, 1.165) is 0 Å². The van der Waals surface area contributed by atoms with Gasteiger partial charge < -0.3 is 10.2 Å². The van der Waals surface area contributed by atoms with Crippen molar-refractivity contribution in [2.45, 2.75) is 54.0 Å². The molecule has 0 aliphatic carbocycles. The third kappa shape index (κ3) is 8.52. The summed E-state index contributed by atoms with van der Waals surface area (Å²) in [4.78, 5) is 2.53. The van der Waals surface area contributed by atoms with Crippen molar-refractivity contribution in [3.05, 3.63) is 0 Å². The van der Waals surface area contributed by atoms with E-state index in [0.29, 0.717) is 6.04 Å². The van der Waals surface area contributed by atoms with Gasteiger partial charge in [-0.05, 0) is 19.9 Å². The molecule has 0 aromatic rings. The van der Waals surface area contributed by atoms with Gasteiger partial charge in [0.1, 0.15) is 0 Å². The van der Waals surface area contributed by atoms with Crippen LogP contribution in [0.4, 0.5) is 0 Å². The Hall–Kier alpha value is -0.0800. The van der Waals surface area contributed by atoms with Gasteiger partial charge in [0, 0.05) is 25.7 Å². The zero-order valence-electron chi connectivity index (χ0n) is 11.1. The zero-order valence-corrected chi connectivity index (χ0v) is 11.1. The lowest BCUT2D eigenvalue weighted by atomic mass is 10.2. The van der Waals surface area contributed by atoms with Crippen LogP contribution < -0.4 is 5.32 Å². The minimum absolute atomic E-state index is 0.695. The Morgan fingerprint density at radius 1 is 1.21 bits per heavy atom. The first-order chi connectivity index (χ1) is 6.83. The summed E-state index contributed by atoms with van der Waals surface area (Å²) in [5.74, 6) is 0. The standard InChI is InChI=1S/C8H18N2.2C2H6/c1-3-5-10-6-4-9-8(2)7-10;2*1-2/h8-9H,3-7H2,1-2H3;2*1-2H3. The summed E-state index contributed by atoms with van der Waals surface area (Å²) in [7, 11) is 0. The highest BCUT2D eigenvalue weighted by molar-refractivity contribution is 4.73. The highest BCUT2D eigenvalue weighted by atomic mass is 15.2. The van der Waals surface area contributed by atoms with Gasteiger partial charge in [-0.1, -0.05) is 34.6 Å². The van der Waals surface area contributed by atoms with Crippen molar-refractivity contribution in [2.75, 3.05) is 26.2 Å². The van der Waals surface area contributed by atoms with Crippen LogP contribution in [0, 0.1) is 0 Å². The molecule has 88 valence electrons. The molecule has 0 aromatic carbocycles. The summed E-state index contributed by atoms with van der Waals surface area (Å²) in [6.45, 7) is 17.4. The molecule has 2 heteroatoms. The lowest BCUT2D eigenvalue weighted by Gasteiger charge is -2.31. The van der Waals surface area contributed by atoms with Crippen molar-refractivity contribution < 1.29 is 0 Å². The Morgan fingerprint density at radius 3 is 2.21 bits per heavy atom. The largest absolute Gasteiger partial charge is 0.312 e. The summed E-state index contributed by atoms with van der Waals surface area (Å²) in [6.07, 6.45) is 1.28. The second-order valence-electron chi connectivity index (χ2n) is 3.16. The van der Waals surface area contributed by atoms with Gasteiger partial charge in [0.15, 0.2) is 0 Å². The van der Waals surface area contributed by atoms with Crippen molar-refractivity contribution in [3.8, 4) is 0 Å². The topological polar surface area (TPSA) is 15.3 Å². The van der Waals surface area contributed by atoms with E-state index < -0.39 is 0 Å². The lowest BCUT2D eigenvalue weighted by Crippen LogP contribution is -2.49. The molecule has 0 radical (unpaired) electrons. The molecule has 1 heterocycles. The Labute approximate surface area is 91.1 Å². The minimum atomic E-state index is 0.695. The Bertz CT molecular complexity index is 92.3. The fraction of sp³-hybridized carbons (Fsp3) is 1.00. The van der Waals surface area contributed by atoms with Crippen LogP contribution in [0.1, 0.15) is 48.0 Å². The molecule has 0 amide bonds. The summed E-state index contributed by atoms with van der Waals surface area (Å²) in [5.41, 5.74) is 0. The van der Waals surface area contributed by atoms with Gasteiger partial charge in [-0.15, -0.1) is 0 Å². The average Bonchev–Trinajstić information content (AvgIpc) is 2.24. The van der Waals surface area contributed by atoms with Gasteiger partial charge in [0.05, 0.1) is 0 Å². The quantitative estimate of drug-likeness (QED) is 0.741. The van der Waals surface area contributed by atoms with Crippen LogP contribution in [-0.4, -0.2) is 37.1 Å². The van der Waals surface area contributed by atoms with E-state index in [9.17, 15) is 0 Å². The smallest absolute Gasteiger partial charge is 0.0167 e. The molecular formula is C12H30N2. The molecule has 0 spiro atoms. The van der Waals surface area contributed by atoms with Gasteiger partial charge in [-0.3, -0.25) is 0 Å². The first-order valence-electron chi connectivity index (χ1n) is 6.28. The summed E-state index contributed by atoms with van der Waals surface area (Å²) in [6, 6.07) is 0.695. The first kappa shape index (κ1) is 16.4. The SMILES string of the molecule is CC.CC.CCCN1CCNC(C)C1. The highest BCUT2D eigenvalue weighted by Crippen LogP contribution is 1.98. The molecule has 1 aliphatic rings. The minimum Gasteiger partial charge on any atom is -0.312 e. The molecular weight excluding hydrogens is 172 g/mol. The van der Waals surface area contributed by atoms with E-state index in [1.807, 2.05) is 27.7 Å². The Balaban J connectivity index is 0. The number of nitrogens with one attached hydrogen (secondary N) is 1. The van der Waals surface area contributed by atoms with E-state index in [-0.39, 0.29) is 0 Å². The number of hydrogen-bond donors (Lipinski definition) is 1. The molecule has 2 nitrogen and oxygen atoms in total. The molecule has 1 N–H and O–H groups in total. The number of nitrogens with zero attached hydrogens (tertiary/aromatic N) is 1. The molecule has 1 fully saturated rings. The van der Waals surface area contributed by atoms with Crippen molar-refractivity contribution in [1.29, 1.82) is 0 Å². The maximum Gasteiger partial charge on any atom is 0.0167 e. The maximum atomic E-state index is 3.43. The third-order valence-electron chi connectivity index (χ3n) is 1.99. The third-order valence-corrected chi connectivity index (χ3v) is 1.99. The van der Waals surface area contributed by atoms with Crippen LogP contribution in [0.25, 0.3) is 0 Å². The van der Waals surface area contributed by atoms with Crippen molar-refractivity contribution in [1.82, 2.24) is 10.2 Å². The van der Waals surface area contributed by atoms with E-state index >= 15 is 0 Å². The molecule has 1 aliphatic heterocycles. The Kier molecular flexibility index (Phi) is 15.1. The van der Waals surface area contributed by atoms with Crippen LogP contribution in [-0.2, 0) is 0 Å². The molecule has 0 aromatic heterocycles. The molecule has 1 unspecified atom stereocenters. The van der Waals surface area contributed by atoms with Crippen LogP contribution >= 0.6 is 0 Å². The van der Waals surface area contributed by atoms with Crippen molar-refractivity contribution in [2.24, 2.45) is 0 Å². The van der Waals surface area contributed by atoms with E-state index in [4.69, 9.17) is 0 Å². The number of rotatable bonds is 2. The molecule has 0 saturated carbocycles. The molecule has 1 saturated heterocycles. The van der Waals surface area contributed by atoms with Crippen molar-refractivity contribution in [3.63, 3.8) is 0 Å². The normalized spacial score (nSPS) is 21.4. The van der Waals surface area contributed by atoms with Gasteiger partial charge in [0.2, 0.25) is 0 Å². The number of piperazine rings is 1. The summed E-state index contributed by atoms with van der Waals surface area (Å²) in [5, 5.41) is 3.43. The predicted molar refractivity (Wildman–Crippen MR) is 66.9 cm³/mol. The predicted octanol–water partition coefficient (Wildman–Crippen LogP) is 2.74. The molecule has 0 bridgehead atoms. The van der Waals surface area contributed by atoms with E-state index in [2.05, 4.69) is 24.1 Å². The monoisotopic (exact) mass is 202 g/mol. The molecule has 1 rings (SSSR count). The van der Waals surface area contributed by atoms with Crippen LogP contribution in [0.2, 0.25) is 0 Å². The fourth-order valence-corrected chi connectivity index (χ4v) is 1.53. The van der Waals surface area contributed by atoms with Gasteiger partial charge >= 0.3 is 0 Å². The van der Waals surface area contributed by atoms with Crippen molar-refractivity contribution >= 4 is 0 Å². The van der Waals surface area contributed by atoms with E-state index in [1.54, 1.807) is 0 Å². The first-order valence-corrected chi connectivity index (χ1v) is 6.28. The second-order valence-corrected chi connectivity index (χ2v) is 3.16. The van der Waals surface area contributed by atoms with Crippen LogP contribution in [0.5, 0.6) is 0 Å². The second kappa shape index (κ2) is 12.9. The number of hydrogen-bond acceptors (Lipinski definition) is 2. The summed E-state index contributed by atoms with van der Waals surface area (Å²) < 4.78 is 0. The lowest BCUT2D eigenvalue weighted by molar-refractivity contribution is 0.207. The highest BCUT2D eigenvalue weighted by Gasteiger charge is 2.13. The van der Waals surface area contributed by atoms with Gasteiger partial charge in [-0.25, -0.2) is 0 Å². The van der Waals surface area contributed by atoms with Gasteiger partial charge in [0.25, 0.3) is 0 Å². The fourth-order valence-electron chi connectivity index (χ4n) is 1.53. The molecule has 1 atom stereocenters. The van der Waals surface area contributed by atoms with Crippen LogP contribution in [0.15, 0.2) is 0 Å². The molecule has 14 heavy (non-hydrogen) atoms. The van der Waals surface area contributed by atoms with Crippen LogP contribution in [0.3, 0.4) is 0 Å². The summed E-state index contributed by atoms with van der Waals surface area (Å²) >= 11 is 0. The van der Waals surface area contributed by atoms with Gasteiger partial charge in [-0.2, -0.15) is 0 Å². The Morgan fingerprint density at radius 2 is 1.79 bits per heavy atom. The maximum absolute atomic E-state index is 3.43.